The minimum absolute atomic E-state index is 0.0524. The van der Waals surface area contributed by atoms with Crippen LogP contribution in [0.25, 0.3) is 0 Å². The van der Waals surface area contributed by atoms with Crippen molar-refractivity contribution >= 4 is 17.5 Å². The Morgan fingerprint density at radius 3 is 2.46 bits per heavy atom. The molecule has 0 spiro atoms. The summed E-state index contributed by atoms with van der Waals surface area (Å²) in [5, 5.41) is 5.66. The summed E-state index contributed by atoms with van der Waals surface area (Å²) < 4.78 is 0. The molecule has 1 atom stereocenters. The molecule has 2 amide bonds. The van der Waals surface area contributed by atoms with Gasteiger partial charge in [-0.3, -0.25) is 9.59 Å². The number of hydrogen-bond donors (Lipinski definition) is 3. The molecule has 0 heterocycles. The Morgan fingerprint density at radius 1 is 1.21 bits per heavy atom. The molecule has 1 rings (SSSR count). The highest BCUT2D eigenvalue weighted by atomic mass is 16.2. The Hall–Kier alpha value is -1.92. The predicted molar refractivity (Wildman–Crippen MR) is 98.0 cm³/mol. The third-order valence-corrected chi connectivity index (χ3v) is 4.02. The van der Waals surface area contributed by atoms with E-state index in [1.807, 2.05) is 13.8 Å². The van der Waals surface area contributed by atoms with Gasteiger partial charge in [-0.1, -0.05) is 33.8 Å². The number of benzene rings is 1. The van der Waals surface area contributed by atoms with E-state index in [-0.39, 0.29) is 17.7 Å². The summed E-state index contributed by atoms with van der Waals surface area (Å²) in [6, 6.07) is 6.31. The fourth-order valence-electron chi connectivity index (χ4n) is 2.24. The molecule has 0 radical (unpaired) electrons. The van der Waals surface area contributed by atoms with Crippen molar-refractivity contribution in [2.24, 2.45) is 11.7 Å². The molecule has 0 aliphatic heterocycles. The average molecular weight is 334 g/mol. The van der Waals surface area contributed by atoms with Crippen LogP contribution < -0.4 is 16.4 Å². The lowest BCUT2D eigenvalue weighted by Crippen LogP contribution is -2.39. The minimum atomic E-state index is -0.573. The summed E-state index contributed by atoms with van der Waals surface area (Å²) >= 11 is 0. The van der Waals surface area contributed by atoms with E-state index in [1.165, 1.54) is 0 Å². The van der Waals surface area contributed by atoms with Crippen LogP contribution in [-0.2, 0) is 4.79 Å². The molecule has 6 heteroatoms. The van der Waals surface area contributed by atoms with Crippen molar-refractivity contribution < 1.29 is 9.59 Å². The molecule has 0 bridgehead atoms. The van der Waals surface area contributed by atoms with Gasteiger partial charge in [0.1, 0.15) is 0 Å². The lowest BCUT2D eigenvalue weighted by Gasteiger charge is -2.18. The van der Waals surface area contributed by atoms with Crippen LogP contribution in [0.2, 0.25) is 0 Å². The number of nitrogens with one attached hydrogen (secondary N) is 2. The molecule has 0 fully saturated rings. The number of carbonyl (C=O) groups excluding carboxylic acids is 2. The summed E-state index contributed by atoms with van der Waals surface area (Å²) in [5.74, 6) is -0.341. The largest absolute Gasteiger partial charge is 0.351 e. The van der Waals surface area contributed by atoms with Crippen LogP contribution in [0.3, 0.4) is 0 Å². The second-order valence-electron chi connectivity index (χ2n) is 6.12. The van der Waals surface area contributed by atoms with Crippen molar-refractivity contribution in [1.29, 1.82) is 0 Å². The highest BCUT2D eigenvalue weighted by Gasteiger charge is 2.17. The molecular formula is C18H30N4O2. The summed E-state index contributed by atoms with van der Waals surface area (Å²) in [7, 11) is 0. The van der Waals surface area contributed by atoms with Gasteiger partial charge >= 0.3 is 0 Å². The van der Waals surface area contributed by atoms with Gasteiger partial charge in [0.2, 0.25) is 5.91 Å². The van der Waals surface area contributed by atoms with Gasteiger partial charge in [-0.15, -0.1) is 0 Å². The number of likely N-dealkylation sites (N-methyl/N-ethyl adjacent to an activating group) is 1. The van der Waals surface area contributed by atoms with Gasteiger partial charge < -0.3 is 21.3 Å². The molecule has 4 N–H and O–H groups in total. The van der Waals surface area contributed by atoms with Crippen molar-refractivity contribution in [3.63, 3.8) is 0 Å². The number of rotatable bonds is 9. The smallest absolute Gasteiger partial charge is 0.251 e. The Bertz CT molecular complexity index is 542. The summed E-state index contributed by atoms with van der Waals surface area (Å²) in [6.07, 6.45) is 0. The molecule has 0 aromatic heterocycles. The maximum atomic E-state index is 12.2. The van der Waals surface area contributed by atoms with E-state index in [4.69, 9.17) is 5.73 Å². The zero-order valence-electron chi connectivity index (χ0n) is 15.1. The Labute approximate surface area is 144 Å². The van der Waals surface area contributed by atoms with Crippen molar-refractivity contribution in [1.82, 2.24) is 10.2 Å². The van der Waals surface area contributed by atoms with Gasteiger partial charge in [-0.05, 0) is 37.2 Å². The number of hydrogen-bond acceptors (Lipinski definition) is 4. The van der Waals surface area contributed by atoms with Crippen LogP contribution in [0.1, 0.15) is 38.1 Å². The molecule has 0 unspecified atom stereocenters. The van der Waals surface area contributed by atoms with Crippen molar-refractivity contribution in [3.8, 4) is 0 Å². The molecule has 0 saturated heterocycles. The third kappa shape index (κ3) is 6.29. The maximum Gasteiger partial charge on any atom is 0.251 e. The Balaban J connectivity index is 2.61. The summed E-state index contributed by atoms with van der Waals surface area (Å²) in [4.78, 5) is 26.5. The van der Waals surface area contributed by atoms with E-state index in [2.05, 4.69) is 29.4 Å². The fourth-order valence-corrected chi connectivity index (χ4v) is 2.24. The van der Waals surface area contributed by atoms with Crippen LogP contribution in [0.5, 0.6) is 0 Å². The third-order valence-electron chi connectivity index (χ3n) is 4.02. The first-order valence-corrected chi connectivity index (χ1v) is 8.56. The van der Waals surface area contributed by atoms with E-state index in [1.54, 1.807) is 24.3 Å². The SMILES string of the molecule is CCN(CC)CCNC(=O)c1cccc(NC(=O)[C@@H](N)C(C)C)c1. The first-order chi connectivity index (χ1) is 11.4. The topological polar surface area (TPSA) is 87.5 Å². The molecule has 0 aliphatic carbocycles. The molecule has 0 aliphatic rings. The highest BCUT2D eigenvalue weighted by Crippen LogP contribution is 2.12. The quantitative estimate of drug-likeness (QED) is 0.641. The zero-order chi connectivity index (χ0) is 18.1. The van der Waals surface area contributed by atoms with Crippen LogP contribution in [0.15, 0.2) is 24.3 Å². The van der Waals surface area contributed by atoms with Crippen LogP contribution >= 0.6 is 0 Å². The number of anilines is 1. The molecule has 1 aromatic carbocycles. The van der Waals surface area contributed by atoms with Gasteiger partial charge in [0.05, 0.1) is 6.04 Å². The number of nitrogens with two attached hydrogens (primary N) is 1. The first kappa shape index (κ1) is 20.1. The summed E-state index contributed by atoms with van der Waals surface area (Å²) in [6.45, 7) is 11.3. The maximum absolute atomic E-state index is 12.2. The van der Waals surface area contributed by atoms with Gasteiger partial charge in [-0.25, -0.2) is 0 Å². The second-order valence-corrected chi connectivity index (χ2v) is 6.12. The molecule has 0 saturated carbocycles. The summed E-state index contributed by atoms with van der Waals surface area (Å²) in [5.41, 5.74) is 6.93. The molecular weight excluding hydrogens is 304 g/mol. The second kappa shape index (κ2) is 10.1. The van der Waals surface area contributed by atoms with E-state index in [0.29, 0.717) is 17.8 Å². The van der Waals surface area contributed by atoms with E-state index >= 15 is 0 Å². The average Bonchev–Trinajstić information content (AvgIpc) is 2.57. The number of nitrogens with zero attached hydrogens (tertiary/aromatic N) is 1. The first-order valence-electron chi connectivity index (χ1n) is 8.56. The lowest BCUT2D eigenvalue weighted by molar-refractivity contribution is -0.118. The van der Waals surface area contributed by atoms with Gasteiger partial charge in [-0.2, -0.15) is 0 Å². The van der Waals surface area contributed by atoms with E-state index in [0.717, 1.165) is 19.6 Å². The Morgan fingerprint density at radius 2 is 1.88 bits per heavy atom. The number of amides is 2. The van der Waals surface area contributed by atoms with Crippen molar-refractivity contribution in [3.05, 3.63) is 29.8 Å². The van der Waals surface area contributed by atoms with Gasteiger partial charge in [0.25, 0.3) is 5.91 Å². The zero-order valence-corrected chi connectivity index (χ0v) is 15.1. The van der Waals surface area contributed by atoms with Crippen LogP contribution in [0, 0.1) is 5.92 Å². The molecule has 6 nitrogen and oxygen atoms in total. The monoisotopic (exact) mass is 334 g/mol. The van der Waals surface area contributed by atoms with Gasteiger partial charge in [0, 0.05) is 24.3 Å². The van der Waals surface area contributed by atoms with Crippen molar-refractivity contribution in [2.75, 3.05) is 31.5 Å². The fraction of sp³-hybridized carbons (Fsp3) is 0.556. The van der Waals surface area contributed by atoms with E-state index in [9.17, 15) is 9.59 Å². The normalized spacial score (nSPS) is 12.3. The minimum Gasteiger partial charge on any atom is -0.351 e. The van der Waals surface area contributed by atoms with Crippen molar-refractivity contribution in [2.45, 2.75) is 33.7 Å². The predicted octanol–water partition coefficient (Wildman–Crippen LogP) is 1.68. The van der Waals surface area contributed by atoms with E-state index < -0.39 is 6.04 Å². The standard InChI is InChI=1S/C18H30N4O2/c1-5-22(6-2)11-10-20-17(23)14-8-7-9-15(12-14)21-18(24)16(19)13(3)4/h7-9,12-13,16H,5-6,10-11,19H2,1-4H3,(H,20,23)(H,21,24)/t16-/m0/s1. The lowest BCUT2D eigenvalue weighted by atomic mass is 10.0. The van der Waals surface area contributed by atoms with Gasteiger partial charge in [0.15, 0.2) is 0 Å². The molecule has 134 valence electrons. The Kier molecular flexibility index (Phi) is 8.43. The highest BCUT2D eigenvalue weighted by molar-refractivity contribution is 5.98. The van der Waals surface area contributed by atoms with Crippen LogP contribution in [0.4, 0.5) is 5.69 Å². The molecule has 1 aromatic rings. The van der Waals surface area contributed by atoms with Crippen LogP contribution in [-0.4, -0.2) is 48.9 Å². The molecule has 24 heavy (non-hydrogen) atoms. The number of carbonyl (C=O) groups is 2.